The van der Waals surface area contributed by atoms with Crippen LogP contribution in [0.5, 0.6) is 0 Å². The van der Waals surface area contributed by atoms with Crippen molar-refractivity contribution >= 4 is 21.3 Å². The van der Waals surface area contributed by atoms with Gasteiger partial charge in [0.1, 0.15) is 0 Å². The fraction of sp³-hybridized carbons (Fsp3) is 1.00. The van der Waals surface area contributed by atoms with E-state index in [9.17, 15) is 16.5 Å². The number of hydrogen-bond acceptors (Lipinski definition) is 3. The molecule has 7 heteroatoms. The van der Waals surface area contributed by atoms with Crippen molar-refractivity contribution in [3.8, 4) is 0 Å². The molecule has 0 spiro atoms. The normalized spacial score (nSPS) is 15.3. The van der Waals surface area contributed by atoms with Gasteiger partial charge in [0.2, 0.25) is 0 Å². The molecule has 0 radical (unpaired) electrons. The maximum absolute atomic E-state index is 11.5. The molecule has 0 saturated heterocycles. The van der Waals surface area contributed by atoms with Crippen molar-refractivity contribution in [2.45, 2.75) is 0 Å². The first kappa shape index (κ1) is 8.99. The summed E-state index contributed by atoms with van der Waals surface area (Å²) in [6.07, 6.45) is 0. The molecule has 0 aromatic rings. The van der Waals surface area contributed by atoms with E-state index in [-0.39, 0.29) is 0 Å². The van der Waals surface area contributed by atoms with Crippen molar-refractivity contribution in [2.24, 2.45) is 0 Å². The molecule has 0 fully saturated rings. The van der Waals surface area contributed by atoms with E-state index in [0.717, 1.165) is 0 Å². The fourth-order valence-corrected chi connectivity index (χ4v) is 1.54. The van der Waals surface area contributed by atoms with Gasteiger partial charge in [-0.25, -0.2) is 4.21 Å². The smallest absolute Gasteiger partial charge is 0.303 e. The van der Waals surface area contributed by atoms with Gasteiger partial charge in [0, 0.05) is 0 Å². The second-order valence-electron chi connectivity index (χ2n) is 1.27. The molecule has 1 N–H and O–H groups in total. The van der Waals surface area contributed by atoms with Gasteiger partial charge in [0.15, 0.2) is 11.1 Å². The van der Waals surface area contributed by atoms with Crippen molar-refractivity contribution in [3.63, 3.8) is 0 Å². The van der Waals surface area contributed by atoms with E-state index in [1.807, 2.05) is 0 Å². The standard InChI is InChI=1S/C2H5FO4S2/c3-9(6,7)2-1-8(4)5/h1-2H2,(H,4,5). The SMILES string of the molecule is O=S(O)CCS(=O)(=O)F. The Morgan fingerprint density at radius 3 is 2.11 bits per heavy atom. The Bertz CT molecular complexity index is 195. The zero-order valence-electron chi connectivity index (χ0n) is 4.28. The summed E-state index contributed by atoms with van der Waals surface area (Å²) in [7, 11) is -4.57. The largest absolute Gasteiger partial charge is 0.306 e. The minimum Gasteiger partial charge on any atom is -0.306 e. The van der Waals surface area contributed by atoms with Crippen LogP contribution in [0.3, 0.4) is 0 Å². The second kappa shape index (κ2) is 3.23. The molecule has 0 bridgehead atoms. The van der Waals surface area contributed by atoms with Gasteiger partial charge in [0.25, 0.3) is 0 Å². The lowest BCUT2D eigenvalue weighted by Gasteiger charge is -1.87. The monoisotopic (exact) mass is 176 g/mol. The molecule has 0 aliphatic carbocycles. The molecule has 56 valence electrons. The Kier molecular flexibility index (Phi) is 3.23. The minimum atomic E-state index is -4.57. The minimum absolute atomic E-state index is 0.571. The summed E-state index contributed by atoms with van der Waals surface area (Å²) in [5, 5.41) is 0. The van der Waals surface area contributed by atoms with Gasteiger partial charge in [0.05, 0.1) is 11.5 Å². The summed E-state index contributed by atoms with van der Waals surface area (Å²) < 4.78 is 48.4. The zero-order valence-corrected chi connectivity index (χ0v) is 5.91. The van der Waals surface area contributed by atoms with Crippen molar-refractivity contribution in [1.82, 2.24) is 0 Å². The van der Waals surface area contributed by atoms with E-state index < -0.39 is 32.8 Å². The molecule has 0 aliphatic rings. The third-order valence-electron chi connectivity index (χ3n) is 0.502. The van der Waals surface area contributed by atoms with E-state index >= 15 is 0 Å². The van der Waals surface area contributed by atoms with Crippen LogP contribution in [0.25, 0.3) is 0 Å². The quantitative estimate of drug-likeness (QED) is 0.465. The topological polar surface area (TPSA) is 71.4 Å². The Balaban J connectivity index is 3.67. The Morgan fingerprint density at radius 2 is 2.00 bits per heavy atom. The van der Waals surface area contributed by atoms with Gasteiger partial charge in [-0.2, -0.15) is 8.42 Å². The molecule has 0 aliphatic heterocycles. The zero-order chi connectivity index (χ0) is 7.49. The predicted octanol–water partition coefficient (Wildman–Crippen LogP) is -0.493. The highest BCUT2D eigenvalue weighted by molar-refractivity contribution is 7.88. The van der Waals surface area contributed by atoms with Crippen LogP contribution in [-0.2, 0) is 21.3 Å². The van der Waals surface area contributed by atoms with Gasteiger partial charge in [-0.1, -0.05) is 0 Å². The van der Waals surface area contributed by atoms with Crippen LogP contribution >= 0.6 is 0 Å². The van der Waals surface area contributed by atoms with Gasteiger partial charge in [-0.3, -0.25) is 0 Å². The van der Waals surface area contributed by atoms with Crippen LogP contribution in [0.4, 0.5) is 3.89 Å². The van der Waals surface area contributed by atoms with Gasteiger partial charge >= 0.3 is 10.2 Å². The summed E-state index contributed by atoms with van der Waals surface area (Å²) in [6, 6.07) is 0. The van der Waals surface area contributed by atoms with Crippen molar-refractivity contribution in [1.29, 1.82) is 0 Å². The van der Waals surface area contributed by atoms with Crippen LogP contribution in [-0.4, -0.2) is 28.7 Å². The van der Waals surface area contributed by atoms with Crippen molar-refractivity contribution in [2.75, 3.05) is 11.5 Å². The highest BCUT2D eigenvalue weighted by atomic mass is 32.3. The molecule has 0 amide bonds. The molecular weight excluding hydrogens is 171 g/mol. The number of halogens is 1. The Morgan fingerprint density at radius 1 is 1.56 bits per heavy atom. The van der Waals surface area contributed by atoms with Crippen molar-refractivity contribution < 1.29 is 21.1 Å². The Labute approximate surface area is 54.6 Å². The lowest BCUT2D eigenvalue weighted by molar-refractivity contribution is 0.547. The number of rotatable bonds is 3. The average Bonchev–Trinajstić information content (AvgIpc) is 1.59. The van der Waals surface area contributed by atoms with Crippen molar-refractivity contribution in [3.05, 3.63) is 0 Å². The van der Waals surface area contributed by atoms with Crippen LogP contribution in [0, 0.1) is 0 Å². The summed E-state index contributed by atoms with van der Waals surface area (Å²) in [5.41, 5.74) is 0. The predicted molar refractivity (Wildman–Crippen MR) is 30.5 cm³/mol. The lowest BCUT2D eigenvalue weighted by atomic mass is 11.0. The fourth-order valence-electron chi connectivity index (χ4n) is 0.171. The van der Waals surface area contributed by atoms with E-state index in [2.05, 4.69) is 0 Å². The summed E-state index contributed by atoms with van der Waals surface area (Å²) in [5.74, 6) is -1.46. The third kappa shape index (κ3) is 7.99. The van der Waals surface area contributed by atoms with Gasteiger partial charge in [-0.05, 0) is 0 Å². The summed E-state index contributed by atoms with van der Waals surface area (Å²) in [6.45, 7) is 0. The van der Waals surface area contributed by atoms with E-state index in [4.69, 9.17) is 4.55 Å². The van der Waals surface area contributed by atoms with Gasteiger partial charge in [-0.15, -0.1) is 3.89 Å². The van der Waals surface area contributed by atoms with E-state index in [1.165, 1.54) is 0 Å². The molecular formula is C2H5FO4S2. The number of hydrogen-bond donors (Lipinski definition) is 1. The maximum atomic E-state index is 11.5. The first-order valence-electron chi connectivity index (χ1n) is 1.91. The molecule has 0 aromatic heterocycles. The van der Waals surface area contributed by atoms with E-state index in [0.29, 0.717) is 0 Å². The Hall–Kier alpha value is -0.0100. The molecule has 9 heavy (non-hydrogen) atoms. The second-order valence-corrected chi connectivity index (χ2v) is 3.81. The van der Waals surface area contributed by atoms with E-state index in [1.54, 1.807) is 0 Å². The van der Waals surface area contributed by atoms with Crippen LogP contribution < -0.4 is 0 Å². The molecule has 0 rings (SSSR count). The average molecular weight is 176 g/mol. The molecule has 0 heterocycles. The van der Waals surface area contributed by atoms with Crippen LogP contribution in [0.15, 0.2) is 0 Å². The van der Waals surface area contributed by atoms with Crippen LogP contribution in [0.1, 0.15) is 0 Å². The highest BCUT2D eigenvalue weighted by Gasteiger charge is 2.07. The third-order valence-corrected chi connectivity index (χ3v) is 2.01. The maximum Gasteiger partial charge on any atom is 0.303 e. The summed E-state index contributed by atoms with van der Waals surface area (Å²) in [4.78, 5) is 0. The first-order chi connectivity index (χ1) is 3.92. The molecule has 1 atom stereocenters. The summed E-state index contributed by atoms with van der Waals surface area (Å²) >= 11 is -2.23. The van der Waals surface area contributed by atoms with Gasteiger partial charge < -0.3 is 4.55 Å². The van der Waals surface area contributed by atoms with Crippen LogP contribution in [0.2, 0.25) is 0 Å². The molecule has 4 nitrogen and oxygen atoms in total. The molecule has 0 aromatic carbocycles. The lowest BCUT2D eigenvalue weighted by Crippen LogP contribution is -2.07. The highest BCUT2D eigenvalue weighted by Crippen LogP contribution is 1.90. The molecule has 0 saturated carbocycles. The molecule has 1 unspecified atom stereocenters. The first-order valence-corrected chi connectivity index (χ1v) is 4.74.